The van der Waals surface area contributed by atoms with E-state index in [2.05, 4.69) is 17.4 Å². The summed E-state index contributed by atoms with van der Waals surface area (Å²) in [7, 11) is 0. The van der Waals surface area contributed by atoms with Gasteiger partial charge < -0.3 is 15.0 Å². The molecule has 0 aliphatic carbocycles. The van der Waals surface area contributed by atoms with Gasteiger partial charge in [-0.1, -0.05) is 36.4 Å². The van der Waals surface area contributed by atoms with Crippen LogP contribution in [0.1, 0.15) is 18.1 Å². The highest BCUT2D eigenvalue weighted by Crippen LogP contribution is 2.24. The summed E-state index contributed by atoms with van der Waals surface area (Å²) in [4.78, 5) is 26.5. The second-order valence-corrected chi connectivity index (χ2v) is 7.29. The first-order chi connectivity index (χ1) is 13.2. The number of amides is 2. The zero-order valence-electron chi connectivity index (χ0n) is 15.4. The van der Waals surface area contributed by atoms with Crippen molar-refractivity contribution in [2.75, 3.05) is 30.0 Å². The lowest BCUT2D eigenvalue weighted by Gasteiger charge is -2.28. The fraction of sp³-hybridized carbons (Fsp3) is 0.333. The molecule has 5 nitrogen and oxygen atoms in total. The summed E-state index contributed by atoms with van der Waals surface area (Å²) < 4.78 is 5.51. The Morgan fingerprint density at radius 1 is 1.07 bits per heavy atom. The maximum Gasteiger partial charge on any atom is 0.234 e. The van der Waals surface area contributed by atoms with Crippen LogP contribution in [0.4, 0.5) is 5.69 Å². The molecule has 0 unspecified atom stereocenters. The lowest BCUT2D eigenvalue weighted by atomic mass is 10.00. The van der Waals surface area contributed by atoms with Crippen LogP contribution in [0.3, 0.4) is 0 Å². The maximum absolute atomic E-state index is 12.4. The molecule has 1 heterocycles. The first kappa shape index (κ1) is 19.3. The quantitative estimate of drug-likeness (QED) is 0.795. The van der Waals surface area contributed by atoms with Crippen molar-refractivity contribution in [3.8, 4) is 5.75 Å². The number of hydrogen-bond donors (Lipinski definition) is 1. The van der Waals surface area contributed by atoms with Gasteiger partial charge in [-0.3, -0.25) is 9.59 Å². The van der Waals surface area contributed by atoms with Gasteiger partial charge in [0.2, 0.25) is 11.8 Å². The van der Waals surface area contributed by atoms with Gasteiger partial charge in [-0.2, -0.15) is 0 Å². The predicted molar refractivity (Wildman–Crippen MR) is 109 cm³/mol. The molecule has 0 fully saturated rings. The molecule has 0 saturated carbocycles. The number of para-hydroxylation sites is 2. The van der Waals surface area contributed by atoms with Crippen molar-refractivity contribution >= 4 is 29.3 Å². The molecule has 1 N–H and O–H groups in total. The monoisotopic (exact) mass is 384 g/mol. The van der Waals surface area contributed by atoms with Gasteiger partial charge >= 0.3 is 0 Å². The standard InChI is InChI=1S/C21H24N2O3S/c1-2-26-19-10-6-5-9-18(19)22-20(24)14-27-15-21(25)23-12-11-16-7-3-4-8-17(16)13-23/h3-10H,2,11-15H2,1H3,(H,22,24). The van der Waals surface area contributed by atoms with E-state index in [0.29, 0.717) is 30.3 Å². The van der Waals surface area contributed by atoms with Crippen LogP contribution in [-0.4, -0.2) is 41.4 Å². The van der Waals surface area contributed by atoms with Gasteiger partial charge in [-0.05, 0) is 36.6 Å². The number of rotatable bonds is 7. The first-order valence-corrected chi connectivity index (χ1v) is 10.3. The number of carbonyl (C=O) groups excluding carboxylic acids is 2. The molecule has 2 amide bonds. The van der Waals surface area contributed by atoms with E-state index < -0.39 is 0 Å². The maximum atomic E-state index is 12.4. The van der Waals surface area contributed by atoms with Crippen LogP contribution in [0.15, 0.2) is 48.5 Å². The molecule has 6 heteroatoms. The minimum atomic E-state index is -0.135. The lowest BCUT2D eigenvalue weighted by molar-refractivity contribution is -0.129. The van der Waals surface area contributed by atoms with Crippen LogP contribution >= 0.6 is 11.8 Å². The zero-order chi connectivity index (χ0) is 19.1. The van der Waals surface area contributed by atoms with Crippen LogP contribution in [0.25, 0.3) is 0 Å². The molecule has 0 atom stereocenters. The summed E-state index contributed by atoms with van der Waals surface area (Å²) in [6.45, 7) is 3.84. The summed E-state index contributed by atoms with van der Waals surface area (Å²) in [5.74, 6) is 1.14. The molecule has 27 heavy (non-hydrogen) atoms. The number of anilines is 1. The summed E-state index contributed by atoms with van der Waals surface area (Å²) in [6.07, 6.45) is 0.890. The zero-order valence-corrected chi connectivity index (χ0v) is 16.3. The normalized spacial score (nSPS) is 13.0. The largest absolute Gasteiger partial charge is 0.492 e. The molecule has 1 aliphatic rings. The fourth-order valence-corrected chi connectivity index (χ4v) is 3.79. The van der Waals surface area contributed by atoms with Crippen LogP contribution < -0.4 is 10.1 Å². The second kappa shape index (κ2) is 9.46. The molecule has 142 valence electrons. The highest BCUT2D eigenvalue weighted by atomic mass is 32.2. The van der Waals surface area contributed by atoms with Crippen molar-refractivity contribution in [2.24, 2.45) is 0 Å². The molecule has 2 aromatic carbocycles. The highest BCUT2D eigenvalue weighted by molar-refractivity contribution is 8.00. The molecular formula is C21H24N2O3S. The van der Waals surface area contributed by atoms with Crippen LogP contribution in [0.2, 0.25) is 0 Å². The average Bonchev–Trinajstić information content (AvgIpc) is 2.69. The molecule has 0 radical (unpaired) electrons. The third-order valence-corrected chi connectivity index (χ3v) is 5.32. The van der Waals surface area contributed by atoms with Gasteiger partial charge in [0.15, 0.2) is 0 Å². The van der Waals surface area contributed by atoms with Crippen molar-refractivity contribution in [3.05, 3.63) is 59.7 Å². The van der Waals surface area contributed by atoms with E-state index in [0.717, 1.165) is 13.0 Å². The van der Waals surface area contributed by atoms with E-state index in [4.69, 9.17) is 4.74 Å². The number of carbonyl (C=O) groups is 2. The Morgan fingerprint density at radius 3 is 2.63 bits per heavy atom. The Hall–Kier alpha value is -2.47. The van der Waals surface area contributed by atoms with E-state index in [-0.39, 0.29) is 17.6 Å². The summed E-state index contributed by atoms with van der Waals surface area (Å²) in [5, 5.41) is 2.85. The third-order valence-electron chi connectivity index (χ3n) is 4.40. The smallest absolute Gasteiger partial charge is 0.234 e. The van der Waals surface area contributed by atoms with E-state index in [1.807, 2.05) is 48.2 Å². The van der Waals surface area contributed by atoms with Crippen molar-refractivity contribution in [3.63, 3.8) is 0 Å². The number of benzene rings is 2. The summed E-state index contributed by atoms with van der Waals surface area (Å²) in [5.41, 5.74) is 3.19. The molecule has 0 aromatic heterocycles. The van der Waals surface area contributed by atoms with Gasteiger partial charge in [0.05, 0.1) is 23.8 Å². The Labute approximate surface area is 164 Å². The van der Waals surface area contributed by atoms with Gasteiger partial charge in [0.1, 0.15) is 5.75 Å². The number of nitrogens with one attached hydrogen (secondary N) is 1. The number of ether oxygens (including phenoxy) is 1. The second-order valence-electron chi connectivity index (χ2n) is 6.30. The van der Waals surface area contributed by atoms with E-state index in [1.54, 1.807) is 0 Å². The van der Waals surface area contributed by atoms with Gasteiger partial charge in [-0.25, -0.2) is 0 Å². The summed E-state index contributed by atoms with van der Waals surface area (Å²) in [6, 6.07) is 15.6. The number of nitrogens with zero attached hydrogens (tertiary/aromatic N) is 1. The average molecular weight is 385 g/mol. The van der Waals surface area contributed by atoms with Crippen molar-refractivity contribution < 1.29 is 14.3 Å². The van der Waals surface area contributed by atoms with Crippen molar-refractivity contribution in [2.45, 2.75) is 19.9 Å². The number of fused-ring (bicyclic) bond motifs is 1. The highest BCUT2D eigenvalue weighted by Gasteiger charge is 2.20. The van der Waals surface area contributed by atoms with Crippen LogP contribution in [0, 0.1) is 0 Å². The molecule has 3 rings (SSSR count). The molecule has 0 saturated heterocycles. The Kier molecular flexibility index (Phi) is 6.76. The SMILES string of the molecule is CCOc1ccccc1NC(=O)CSCC(=O)N1CCc2ccccc2C1. The molecule has 2 aromatic rings. The van der Waals surface area contributed by atoms with Crippen LogP contribution in [0.5, 0.6) is 5.75 Å². The molecular weight excluding hydrogens is 360 g/mol. The lowest BCUT2D eigenvalue weighted by Crippen LogP contribution is -2.37. The molecule has 0 spiro atoms. The van der Waals surface area contributed by atoms with Gasteiger partial charge in [0, 0.05) is 13.1 Å². The Balaban J connectivity index is 1.45. The molecule has 1 aliphatic heterocycles. The minimum Gasteiger partial charge on any atom is -0.492 e. The summed E-state index contributed by atoms with van der Waals surface area (Å²) >= 11 is 1.34. The van der Waals surface area contributed by atoms with Crippen molar-refractivity contribution in [1.29, 1.82) is 0 Å². The number of hydrogen-bond acceptors (Lipinski definition) is 4. The topological polar surface area (TPSA) is 58.6 Å². The Morgan fingerprint density at radius 2 is 1.81 bits per heavy atom. The van der Waals surface area contributed by atoms with Crippen molar-refractivity contribution in [1.82, 2.24) is 4.90 Å². The van der Waals surface area contributed by atoms with Gasteiger partial charge in [0.25, 0.3) is 0 Å². The van der Waals surface area contributed by atoms with Gasteiger partial charge in [-0.15, -0.1) is 11.8 Å². The predicted octanol–water partition coefficient (Wildman–Crippen LogP) is 3.34. The third kappa shape index (κ3) is 5.26. The first-order valence-electron chi connectivity index (χ1n) is 9.11. The molecule has 0 bridgehead atoms. The Bertz CT molecular complexity index is 810. The van der Waals surface area contributed by atoms with E-state index in [1.165, 1.54) is 22.9 Å². The van der Waals surface area contributed by atoms with Crippen LogP contribution in [-0.2, 0) is 22.6 Å². The van der Waals surface area contributed by atoms with E-state index in [9.17, 15) is 9.59 Å². The number of thioether (sulfide) groups is 1. The fourth-order valence-electron chi connectivity index (χ4n) is 3.07. The van der Waals surface area contributed by atoms with E-state index >= 15 is 0 Å². The minimum absolute atomic E-state index is 0.0806.